The minimum absolute atomic E-state index is 0.0742. The highest BCUT2D eigenvalue weighted by molar-refractivity contribution is 5.54. The summed E-state index contributed by atoms with van der Waals surface area (Å²) < 4.78 is 0. The van der Waals surface area contributed by atoms with E-state index in [1.807, 2.05) is 13.8 Å². The quantitative estimate of drug-likeness (QED) is 0.646. The molecular formula is C9H16N4O. The first-order valence-electron chi connectivity index (χ1n) is 4.66. The number of rotatable bonds is 4. The molecule has 0 amide bonds. The van der Waals surface area contributed by atoms with E-state index in [-0.39, 0.29) is 6.61 Å². The Morgan fingerprint density at radius 3 is 2.71 bits per heavy atom. The van der Waals surface area contributed by atoms with E-state index in [4.69, 9.17) is 10.8 Å². The Bertz CT molecular complexity index is 314. The van der Waals surface area contributed by atoms with Crippen LogP contribution in [0.4, 0.5) is 11.6 Å². The molecule has 5 heteroatoms. The van der Waals surface area contributed by atoms with Crippen molar-refractivity contribution in [3.05, 3.63) is 11.4 Å². The summed E-state index contributed by atoms with van der Waals surface area (Å²) in [6, 6.07) is 0. The summed E-state index contributed by atoms with van der Waals surface area (Å²) in [5.41, 5.74) is 6.54. The predicted molar refractivity (Wildman–Crippen MR) is 56.1 cm³/mol. The number of aliphatic hydroxyl groups excluding tert-OH is 1. The van der Waals surface area contributed by atoms with Gasteiger partial charge in [-0.05, 0) is 6.92 Å². The third kappa shape index (κ3) is 2.32. The zero-order valence-electron chi connectivity index (χ0n) is 8.54. The van der Waals surface area contributed by atoms with Gasteiger partial charge in [-0.15, -0.1) is 0 Å². The lowest BCUT2D eigenvalue weighted by atomic mass is 10.3. The average Bonchev–Trinajstić information content (AvgIpc) is 2.20. The first-order valence-corrected chi connectivity index (χ1v) is 4.66. The van der Waals surface area contributed by atoms with Gasteiger partial charge >= 0.3 is 0 Å². The maximum absolute atomic E-state index is 8.68. The molecule has 78 valence electrons. The average molecular weight is 196 g/mol. The number of nitrogens with zero attached hydrogens (tertiary/aromatic N) is 2. The lowest BCUT2D eigenvalue weighted by Crippen LogP contribution is -2.12. The Morgan fingerprint density at radius 2 is 2.14 bits per heavy atom. The zero-order chi connectivity index (χ0) is 10.6. The molecule has 1 rings (SSSR count). The first-order chi connectivity index (χ1) is 6.69. The number of nitrogens with two attached hydrogens (primary N) is 1. The number of nitrogen functional groups attached to an aromatic ring is 1. The van der Waals surface area contributed by atoms with Crippen LogP contribution in [0.3, 0.4) is 0 Å². The fourth-order valence-corrected chi connectivity index (χ4v) is 1.09. The third-order valence-corrected chi connectivity index (χ3v) is 1.95. The molecule has 0 aliphatic rings. The number of aromatic nitrogens is 2. The Labute approximate surface area is 83.4 Å². The van der Waals surface area contributed by atoms with Gasteiger partial charge in [0.2, 0.25) is 0 Å². The van der Waals surface area contributed by atoms with Crippen LogP contribution < -0.4 is 11.1 Å². The first kappa shape index (κ1) is 10.7. The van der Waals surface area contributed by atoms with E-state index in [1.54, 1.807) is 0 Å². The maximum atomic E-state index is 8.68. The Kier molecular flexibility index (Phi) is 3.64. The molecule has 14 heavy (non-hydrogen) atoms. The lowest BCUT2D eigenvalue weighted by Gasteiger charge is -2.10. The molecule has 5 nitrogen and oxygen atoms in total. The summed E-state index contributed by atoms with van der Waals surface area (Å²) in [5.74, 6) is 1.93. The summed E-state index contributed by atoms with van der Waals surface area (Å²) in [7, 11) is 0. The minimum atomic E-state index is 0.0742. The summed E-state index contributed by atoms with van der Waals surface area (Å²) in [4.78, 5) is 8.40. The largest absolute Gasteiger partial charge is 0.395 e. The SMILES string of the molecule is CCc1nc(N)c(C)c(NCCO)n1. The van der Waals surface area contributed by atoms with Gasteiger partial charge in [0.05, 0.1) is 6.61 Å². The van der Waals surface area contributed by atoms with Crippen molar-refractivity contribution in [3.8, 4) is 0 Å². The van der Waals surface area contributed by atoms with Gasteiger partial charge in [0.15, 0.2) is 0 Å². The third-order valence-electron chi connectivity index (χ3n) is 1.95. The van der Waals surface area contributed by atoms with Crippen molar-refractivity contribution in [3.63, 3.8) is 0 Å². The highest BCUT2D eigenvalue weighted by atomic mass is 16.3. The predicted octanol–water partition coefficient (Wildman–Crippen LogP) is 0.334. The maximum Gasteiger partial charge on any atom is 0.134 e. The van der Waals surface area contributed by atoms with Gasteiger partial charge in [0.25, 0.3) is 0 Å². The van der Waals surface area contributed by atoms with Gasteiger partial charge in [0.1, 0.15) is 17.5 Å². The molecule has 1 aromatic heterocycles. The van der Waals surface area contributed by atoms with Crippen LogP contribution in [0.15, 0.2) is 0 Å². The number of hydrogen-bond donors (Lipinski definition) is 3. The highest BCUT2D eigenvalue weighted by Crippen LogP contribution is 2.16. The van der Waals surface area contributed by atoms with Crippen LogP contribution in [-0.2, 0) is 6.42 Å². The number of nitrogens with one attached hydrogen (secondary N) is 1. The summed E-state index contributed by atoms with van der Waals surface area (Å²) >= 11 is 0. The summed E-state index contributed by atoms with van der Waals surface area (Å²) in [6.07, 6.45) is 0.748. The van der Waals surface area contributed by atoms with Crippen LogP contribution >= 0.6 is 0 Å². The Balaban J connectivity index is 2.95. The Hall–Kier alpha value is -1.36. The molecule has 0 spiro atoms. The second kappa shape index (κ2) is 4.76. The van der Waals surface area contributed by atoms with Gasteiger partial charge in [-0.25, -0.2) is 9.97 Å². The molecule has 1 heterocycles. The topological polar surface area (TPSA) is 84.1 Å². The molecule has 0 saturated heterocycles. The van der Waals surface area contributed by atoms with Crippen molar-refractivity contribution in [1.29, 1.82) is 0 Å². The van der Waals surface area contributed by atoms with Gasteiger partial charge in [-0.2, -0.15) is 0 Å². The van der Waals surface area contributed by atoms with Gasteiger partial charge in [-0.1, -0.05) is 6.92 Å². The van der Waals surface area contributed by atoms with E-state index in [9.17, 15) is 0 Å². The van der Waals surface area contributed by atoms with Crippen molar-refractivity contribution >= 4 is 11.6 Å². The highest BCUT2D eigenvalue weighted by Gasteiger charge is 2.06. The molecular weight excluding hydrogens is 180 g/mol. The molecule has 0 aromatic carbocycles. The second-order valence-electron chi connectivity index (χ2n) is 3.00. The molecule has 0 aliphatic heterocycles. The normalized spacial score (nSPS) is 10.2. The van der Waals surface area contributed by atoms with E-state index in [1.165, 1.54) is 0 Å². The fourth-order valence-electron chi connectivity index (χ4n) is 1.09. The molecule has 0 fully saturated rings. The van der Waals surface area contributed by atoms with Crippen LogP contribution in [0.5, 0.6) is 0 Å². The van der Waals surface area contributed by atoms with Crippen LogP contribution in [0.25, 0.3) is 0 Å². The van der Waals surface area contributed by atoms with E-state index >= 15 is 0 Å². The monoisotopic (exact) mass is 196 g/mol. The van der Waals surface area contributed by atoms with Gasteiger partial charge < -0.3 is 16.2 Å². The fraction of sp³-hybridized carbons (Fsp3) is 0.556. The molecule has 0 radical (unpaired) electrons. The van der Waals surface area contributed by atoms with E-state index in [0.717, 1.165) is 12.0 Å². The van der Waals surface area contributed by atoms with Crippen molar-refractivity contribution < 1.29 is 5.11 Å². The van der Waals surface area contributed by atoms with Crippen molar-refractivity contribution in [2.24, 2.45) is 0 Å². The van der Waals surface area contributed by atoms with Crippen LogP contribution in [0.2, 0.25) is 0 Å². The smallest absolute Gasteiger partial charge is 0.134 e. The van der Waals surface area contributed by atoms with Crippen molar-refractivity contribution in [2.75, 3.05) is 24.2 Å². The molecule has 0 saturated carbocycles. The molecule has 0 bridgehead atoms. The molecule has 4 N–H and O–H groups in total. The van der Waals surface area contributed by atoms with Gasteiger partial charge in [-0.3, -0.25) is 0 Å². The molecule has 1 aromatic rings. The molecule has 0 unspecified atom stereocenters. The van der Waals surface area contributed by atoms with Crippen molar-refractivity contribution in [1.82, 2.24) is 9.97 Å². The van der Waals surface area contributed by atoms with Crippen molar-refractivity contribution in [2.45, 2.75) is 20.3 Å². The Morgan fingerprint density at radius 1 is 1.43 bits per heavy atom. The zero-order valence-corrected chi connectivity index (χ0v) is 8.54. The summed E-state index contributed by atoms with van der Waals surface area (Å²) in [6.45, 7) is 4.37. The van der Waals surface area contributed by atoms with Crippen LogP contribution in [0.1, 0.15) is 18.3 Å². The van der Waals surface area contributed by atoms with Crippen LogP contribution in [-0.4, -0.2) is 28.2 Å². The number of hydrogen-bond acceptors (Lipinski definition) is 5. The summed E-state index contributed by atoms with van der Waals surface area (Å²) in [5, 5.41) is 11.7. The standard InChI is InChI=1S/C9H16N4O/c1-3-7-12-8(10)6(2)9(13-7)11-4-5-14/h14H,3-5H2,1-2H3,(H3,10,11,12,13). The van der Waals surface area contributed by atoms with Crippen LogP contribution in [0, 0.1) is 6.92 Å². The minimum Gasteiger partial charge on any atom is -0.395 e. The lowest BCUT2D eigenvalue weighted by molar-refractivity contribution is 0.311. The van der Waals surface area contributed by atoms with E-state index in [0.29, 0.717) is 24.0 Å². The number of aliphatic hydroxyl groups is 1. The van der Waals surface area contributed by atoms with E-state index < -0.39 is 0 Å². The van der Waals surface area contributed by atoms with E-state index in [2.05, 4.69) is 15.3 Å². The molecule has 0 aliphatic carbocycles. The number of anilines is 2. The van der Waals surface area contributed by atoms with Gasteiger partial charge in [0, 0.05) is 18.5 Å². The molecule has 0 atom stereocenters. The number of aryl methyl sites for hydroxylation is 1. The second-order valence-corrected chi connectivity index (χ2v) is 3.00.